The number of esters is 1. The van der Waals surface area contributed by atoms with E-state index in [-0.39, 0.29) is 0 Å². The van der Waals surface area contributed by atoms with E-state index in [9.17, 15) is 30.8 Å². The summed E-state index contributed by atoms with van der Waals surface area (Å²) < 4.78 is 79.0. The molecule has 0 aliphatic heterocycles. The van der Waals surface area contributed by atoms with E-state index in [4.69, 9.17) is 0 Å². The molecular weight excluding hydrogens is 300 g/mol. The molecule has 0 fully saturated rings. The van der Waals surface area contributed by atoms with Crippen molar-refractivity contribution in [2.45, 2.75) is 5.51 Å². The smallest absolute Gasteiger partial charge is 0.464 e. The third kappa shape index (κ3) is 2.77. The Morgan fingerprint density at radius 1 is 1.37 bits per heavy atom. The number of aromatic nitrogens is 2. The van der Waals surface area contributed by atoms with Crippen LogP contribution in [0.3, 0.4) is 0 Å². The largest absolute Gasteiger partial charge is 0.534 e. The number of ether oxygens (including phenoxy) is 1. The maximum absolute atomic E-state index is 13.5. The Kier molecular flexibility index (Phi) is 3.74. The number of carbonyl (C=O) groups is 1. The Morgan fingerprint density at radius 3 is 2.32 bits per heavy atom. The first-order valence-corrected chi connectivity index (χ1v) is 5.73. The van der Waals surface area contributed by atoms with Crippen molar-refractivity contribution in [3.63, 3.8) is 0 Å². The lowest BCUT2D eigenvalue weighted by Crippen LogP contribution is -2.28. The minimum Gasteiger partial charge on any atom is -0.464 e. The fraction of sp³-hybridized carbons (Fsp3) is 0.429. The molecule has 0 aliphatic carbocycles. The van der Waals surface area contributed by atoms with E-state index in [0.717, 1.165) is 14.2 Å². The van der Waals surface area contributed by atoms with Gasteiger partial charge in [-0.15, -0.1) is 5.10 Å². The van der Waals surface area contributed by atoms with Gasteiger partial charge in [0, 0.05) is 7.05 Å². The molecule has 108 valence electrons. The zero-order valence-electron chi connectivity index (χ0n) is 9.36. The van der Waals surface area contributed by atoms with E-state index in [1.54, 1.807) is 0 Å². The number of rotatable bonds is 3. The monoisotopic (exact) mass is 306 g/mol. The maximum Gasteiger partial charge on any atom is 0.534 e. The Hall–Kier alpha value is -1.85. The van der Waals surface area contributed by atoms with Crippen LogP contribution >= 0.6 is 0 Å². The lowest BCUT2D eigenvalue weighted by Gasteiger charge is -2.06. The number of hydrogen-bond acceptors (Lipinski definition) is 6. The summed E-state index contributed by atoms with van der Waals surface area (Å²) in [5.41, 5.74) is -6.63. The number of halogens is 4. The Bertz CT molecular complexity index is 606. The van der Waals surface area contributed by atoms with Gasteiger partial charge in [-0.2, -0.15) is 26.0 Å². The van der Waals surface area contributed by atoms with Crippen molar-refractivity contribution in [1.82, 2.24) is 9.78 Å². The highest BCUT2D eigenvalue weighted by atomic mass is 32.2. The summed E-state index contributed by atoms with van der Waals surface area (Å²) in [4.78, 5) is 11.1. The van der Waals surface area contributed by atoms with Gasteiger partial charge in [0.2, 0.25) is 5.82 Å². The average Bonchev–Trinajstić information content (AvgIpc) is 2.51. The number of alkyl halides is 3. The van der Waals surface area contributed by atoms with Crippen molar-refractivity contribution in [2.75, 3.05) is 7.11 Å². The molecule has 0 aromatic carbocycles. The standard InChI is InChI=1S/C7H6F4N2O5S/c1-13-4(6(14)17-2)3(8)5(12-13)18-19(15,16)7(9,10)11/h1-2H3. The highest BCUT2D eigenvalue weighted by Gasteiger charge is 2.49. The molecule has 7 nitrogen and oxygen atoms in total. The number of carbonyl (C=O) groups excluding carboxylic acids is 1. The molecule has 1 heterocycles. The molecule has 1 aromatic rings. The van der Waals surface area contributed by atoms with E-state index >= 15 is 0 Å². The van der Waals surface area contributed by atoms with E-state index < -0.39 is 39.0 Å². The van der Waals surface area contributed by atoms with Crippen molar-refractivity contribution in [2.24, 2.45) is 7.05 Å². The zero-order chi connectivity index (χ0) is 15.0. The van der Waals surface area contributed by atoms with Gasteiger partial charge in [0.15, 0.2) is 5.69 Å². The molecule has 1 rings (SSSR count). The van der Waals surface area contributed by atoms with Crippen LogP contribution in [0.4, 0.5) is 17.6 Å². The summed E-state index contributed by atoms with van der Waals surface area (Å²) in [6.07, 6.45) is 0. The highest BCUT2D eigenvalue weighted by molar-refractivity contribution is 7.87. The van der Waals surface area contributed by atoms with Crippen molar-refractivity contribution in [1.29, 1.82) is 0 Å². The molecule has 12 heteroatoms. The molecule has 0 saturated carbocycles. The minimum absolute atomic E-state index is 0.488. The van der Waals surface area contributed by atoms with Crippen molar-refractivity contribution < 1.29 is 39.7 Å². The van der Waals surface area contributed by atoms with E-state index in [0.29, 0.717) is 4.68 Å². The topological polar surface area (TPSA) is 87.5 Å². The second-order valence-electron chi connectivity index (χ2n) is 3.07. The third-order valence-electron chi connectivity index (χ3n) is 1.81. The molecule has 0 saturated heterocycles. The van der Waals surface area contributed by atoms with Crippen LogP contribution in [0.1, 0.15) is 10.5 Å². The molecule has 0 amide bonds. The molecule has 0 atom stereocenters. The quantitative estimate of drug-likeness (QED) is 0.351. The number of methoxy groups -OCH3 is 1. The zero-order valence-corrected chi connectivity index (χ0v) is 10.2. The third-order valence-corrected chi connectivity index (χ3v) is 2.76. The first-order valence-electron chi connectivity index (χ1n) is 4.33. The summed E-state index contributed by atoms with van der Waals surface area (Å²) in [5.74, 6) is -4.44. The highest BCUT2D eigenvalue weighted by Crippen LogP contribution is 2.28. The van der Waals surface area contributed by atoms with Gasteiger partial charge in [-0.25, -0.2) is 4.79 Å². The number of nitrogens with zero attached hydrogens (tertiary/aromatic N) is 2. The van der Waals surface area contributed by atoms with Crippen LogP contribution in [0.25, 0.3) is 0 Å². The van der Waals surface area contributed by atoms with Crippen LogP contribution in [0.15, 0.2) is 0 Å². The molecule has 0 bridgehead atoms. The van der Waals surface area contributed by atoms with Crippen LogP contribution in [-0.4, -0.2) is 36.8 Å². The van der Waals surface area contributed by atoms with Gasteiger partial charge in [-0.3, -0.25) is 4.68 Å². The van der Waals surface area contributed by atoms with Crippen LogP contribution in [-0.2, 0) is 21.9 Å². The lowest BCUT2D eigenvalue weighted by molar-refractivity contribution is -0.0502. The Morgan fingerprint density at radius 2 is 1.89 bits per heavy atom. The summed E-state index contributed by atoms with van der Waals surface area (Å²) >= 11 is 0. The lowest BCUT2D eigenvalue weighted by atomic mass is 10.4. The van der Waals surface area contributed by atoms with Crippen molar-refractivity contribution in [3.05, 3.63) is 11.5 Å². The van der Waals surface area contributed by atoms with E-state index in [2.05, 4.69) is 14.0 Å². The van der Waals surface area contributed by atoms with Gasteiger partial charge in [0.25, 0.3) is 5.88 Å². The molecule has 1 aromatic heterocycles. The van der Waals surface area contributed by atoms with Gasteiger partial charge >= 0.3 is 21.6 Å². The SMILES string of the molecule is COC(=O)c1c(F)c(OS(=O)(=O)C(F)(F)F)nn1C. The number of aryl methyl sites for hydroxylation is 1. The minimum atomic E-state index is -6.08. The normalized spacial score (nSPS) is 12.3. The first kappa shape index (κ1) is 15.2. The summed E-state index contributed by atoms with van der Waals surface area (Å²) in [6.45, 7) is 0. The van der Waals surface area contributed by atoms with E-state index in [1.165, 1.54) is 0 Å². The Balaban J connectivity index is 3.23. The van der Waals surface area contributed by atoms with Crippen LogP contribution in [0.5, 0.6) is 5.88 Å². The van der Waals surface area contributed by atoms with E-state index in [1.807, 2.05) is 0 Å². The number of hydrogen-bond donors (Lipinski definition) is 0. The fourth-order valence-electron chi connectivity index (χ4n) is 0.996. The van der Waals surface area contributed by atoms with Gasteiger partial charge < -0.3 is 8.92 Å². The molecule has 0 spiro atoms. The summed E-state index contributed by atoms with van der Waals surface area (Å²) in [7, 11) is -4.20. The maximum atomic E-state index is 13.5. The van der Waals surface area contributed by atoms with Crippen LogP contribution < -0.4 is 4.18 Å². The first-order chi connectivity index (χ1) is 8.51. The van der Waals surface area contributed by atoms with Crippen LogP contribution in [0.2, 0.25) is 0 Å². The molecule has 19 heavy (non-hydrogen) atoms. The molecule has 0 aliphatic rings. The van der Waals surface area contributed by atoms with Gasteiger partial charge in [0.1, 0.15) is 0 Å². The molecule has 0 N–H and O–H groups in total. The summed E-state index contributed by atoms with van der Waals surface area (Å²) in [6, 6.07) is 0. The predicted molar refractivity (Wildman–Crippen MR) is 50.1 cm³/mol. The summed E-state index contributed by atoms with van der Waals surface area (Å²) in [5, 5.41) is 3.02. The molecule has 0 unspecified atom stereocenters. The van der Waals surface area contributed by atoms with Gasteiger partial charge in [0.05, 0.1) is 7.11 Å². The fourth-order valence-corrected chi connectivity index (χ4v) is 1.41. The van der Waals surface area contributed by atoms with Gasteiger partial charge in [-0.05, 0) is 0 Å². The molecular formula is C7H6F4N2O5S. The second-order valence-corrected chi connectivity index (χ2v) is 4.60. The van der Waals surface area contributed by atoms with Crippen LogP contribution in [0, 0.1) is 5.82 Å². The average molecular weight is 306 g/mol. The van der Waals surface area contributed by atoms with Gasteiger partial charge in [-0.1, -0.05) is 0 Å². The second kappa shape index (κ2) is 4.68. The molecule has 0 radical (unpaired) electrons. The van der Waals surface area contributed by atoms with Crippen molar-refractivity contribution >= 4 is 16.1 Å². The van der Waals surface area contributed by atoms with Crippen molar-refractivity contribution in [3.8, 4) is 5.88 Å². The Labute approximate surface area is 103 Å². The predicted octanol–water partition coefficient (Wildman–Crippen LogP) is 0.574.